The van der Waals surface area contributed by atoms with Crippen LogP contribution in [0.15, 0.2) is 12.2 Å². The molecule has 0 amide bonds. The smallest absolute Gasteiger partial charge is 0.0136 e. The minimum Gasteiger partial charge on any atom is -0.313 e. The lowest BCUT2D eigenvalue weighted by molar-refractivity contribution is 0.161. The second kappa shape index (κ2) is 4.29. The van der Waals surface area contributed by atoms with Crippen LogP contribution in [0.3, 0.4) is 0 Å². The Balaban J connectivity index is 1.34. The monoisotopic (exact) mass is 205 g/mol. The van der Waals surface area contributed by atoms with Crippen molar-refractivity contribution in [3.8, 4) is 0 Å². The Hall–Kier alpha value is -0.300. The second-order valence-electron chi connectivity index (χ2n) is 5.74. The summed E-state index contributed by atoms with van der Waals surface area (Å²) in [6, 6.07) is 0.829. The van der Waals surface area contributed by atoms with Crippen LogP contribution in [0.5, 0.6) is 0 Å². The van der Waals surface area contributed by atoms with Crippen LogP contribution in [0, 0.1) is 17.8 Å². The van der Waals surface area contributed by atoms with Gasteiger partial charge in [0.15, 0.2) is 0 Å². The Morgan fingerprint density at radius 3 is 2.87 bits per heavy atom. The number of hydrogen-bond acceptors (Lipinski definition) is 1. The first-order valence-electron chi connectivity index (χ1n) is 6.83. The zero-order chi connectivity index (χ0) is 10.1. The zero-order valence-corrected chi connectivity index (χ0v) is 9.62. The maximum absolute atomic E-state index is 3.77. The molecule has 3 rings (SSSR count). The molecule has 0 heterocycles. The first kappa shape index (κ1) is 9.89. The molecule has 3 aliphatic carbocycles. The van der Waals surface area contributed by atoms with Gasteiger partial charge in [-0.05, 0) is 43.6 Å². The molecule has 2 fully saturated rings. The van der Waals surface area contributed by atoms with E-state index in [2.05, 4.69) is 17.5 Å². The van der Waals surface area contributed by atoms with Gasteiger partial charge in [0, 0.05) is 6.04 Å². The van der Waals surface area contributed by atoms with Crippen molar-refractivity contribution < 1.29 is 0 Å². The van der Waals surface area contributed by atoms with Gasteiger partial charge in [0.25, 0.3) is 0 Å². The fourth-order valence-corrected chi connectivity index (χ4v) is 3.72. The normalized spacial score (nSPS) is 39.3. The minimum absolute atomic E-state index is 0.829. The number of hydrogen-bond donors (Lipinski definition) is 1. The van der Waals surface area contributed by atoms with E-state index in [0.29, 0.717) is 0 Å². The Bertz CT molecular complexity index is 240. The van der Waals surface area contributed by atoms with Crippen LogP contribution in [0.1, 0.15) is 44.9 Å². The average Bonchev–Trinajstić information content (AvgIpc) is 2.82. The Morgan fingerprint density at radius 2 is 2.07 bits per heavy atom. The predicted molar refractivity (Wildman–Crippen MR) is 63.7 cm³/mol. The number of nitrogens with one attached hydrogen (secondary N) is 1. The molecule has 0 saturated heterocycles. The molecule has 1 nitrogen and oxygen atoms in total. The predicted octanol–water partition coefficient (Wildman–Crippen LogP) is 3.12. The van der Waals surface area contributed by atoms with Gasteiger partial charge >= 0.3 is 0 Å². The molecular weight excluding hydrogens is 182 g/mol. The standard InChI is InChI=1S/C14H23N/c1-2-5-11(4-1)8-9-15-14-10-12-6-3-7-13(12)14/h3,7,11-15H,1-2,4-6,8-10H2. The maximum atomic E-state index is 3.77. The number of fused-ring (bicyclic) bond motifs is 1. The van der Waals surface area contributed by atoms with E-state index in [1.807, 2.05) is 0 Å². The highest BCUT2D eigenvalue weighted by atomic mass is 14.9. The highest BCUT2D eigenvalue weighted by Crippen LogP contribution is 2.42. The Morgan fingerprint density at radius 1 is 1.20 bits per heavy atom. The van der Waals surface area contributed by atoms with E-state index >= 15 is 0 Å². The van der Waals surface area contributed by atoms with Crippen molar-refractivity contribution in [3.05, 3.63) is 12.2 Å². The van der Waals surface area contributed by atoms with E-state index in [1.165, 1.54) is 51.5 Å². The SMILES string of the molecule is C1=CC2C(C1)CC2NCCC1CCCC1. The Kier molecular flexibility index (Phi) is 2.83. The molecule has 0 aromatic carbocycles. The van der Waals surface area contributed by atoms with Gasteiger partial charge in [0.1, 0.15) is 0 Å². The van der Waals surface area contributed by atoms with Gasteiger partial charge in [-0.3, -0.25) is 0 Å². The molecule has 0 radical (unpaired) electrons. The van der Waals surface area contributed by atoms with Crippen LogP contribution in [0.25, 0.3) is 0 Å². The van der Waals surface area contributed by atoms with Gasteiger partial charge in [-0.2, -0.15) is 0 Å². The molecular formula is C14H23N. The van der Waals surface area contributed by atoms with Gasteiger partial charge in [0.2, 0.25) is 0 Å². The first-order valence-corrected chi connectivity index (χ1v) is 6.83. The summed E-state index contributed by atoms with van der Waals surface area (Å²) in [5.41, 5.74) is 0. The van der Waals surface area contributed by atoms with Crippen LogP contribution < -0.4 is 5.32 Å². The van der Waals surface area contributed by atoms with E-state index < -0.39 is 0 Å². The third-order valence-corrected chi connectivity index (χ3v) is 4.80. The quantitative estimate of drug-likeness (QED) is 0.695. The largest absolute Gasteiger partial charge is 0.313 e. The van der Waals surface area contributed by atoms with Crippen molar-refractivity contribution >= 4 is 0 Å². The fourth-order valence-electron chi connectivity index (χ4n) is 3.72. The summed E-state index contributed by atoms with van der Waals surface area (Å²) >= 11 is 0. The lowest BCUT2D eigenvalue weighted by Crippen LogP contribution is -2.48. The molecule has 15 heavy (non-hydrogen) atoms. The van der Waals surface area contributed by atoms with Crippen molar-refractivity contribution in [1.29, 1.82) is 0 Å². The summed E-state index contributed by atoms with van der Waals surface area (Å²) in [5, 5.41) is 3.77. The van der Waals surface area contributed by atoms with E-state index in [4.69, 9.17) is 0 Å². The van der Waals surface area contributed by atoms with Crippen molar-refractivity contribution in [2.45, 2.75) is 51.0 Å². The van der Waals surface area contributed by atoms with Crippen LogP contribution in [0.2, 0.25) is 0 Å². The third kappa shape index (κ3) is 1.99. The summed E-state index contributed by atoms with van der Waals surface area (Å²) in [4.78, 5) is 0. The number of allylic oxidation sites excluding steroid dienone is 1. The molecule has 3 aliphatic rings. The van der Waals surface area contributed by atoms with Crippen LogP contribution in [-0.4, -0.2) is 12.6 Å². The summed E-state index contributed by atoms with van der Waals surface area (Å²) in [5.74, 6) is 2.95. The maximum Gasteiger partial charge on any atom is 0.0136 e. The van der Waals surface area contributed by atoms with E-state index in [9.17, 15) is 0 Å². The lowest BCUT2D eigenvalue weighted by Gasteiger charge is -2.41. The second-order valence-corrected chi connectivity index (χ2v) is 5.74. The van der Waals surface area contributed by atoms with Gasteiger partial charge in [-0.15, -0.1) is 0 Å². The molecule has 2 saturated carbocycles. The molecule has 0 aromatic heterocycles. The summed E-state index contributed by atoms with van der Waals surface area (Å²) in [6.07, 6.45) is 15.0. The lowest BCUT2D eigenvalue weighted by atomic mass is 9.71. The summed E-state index contributed by atoms with van der Waals surface area (Å²) in [6.45, 7) is 1.27. The van der Waals surface area contributed by atoms with Gasteiger partial charge < -0.3 is 5.32 Å². The third-order valence-electron chi connectivity index (χ3n) is 4.80. The van der Waals surface area contributed by atoms with Gasteiger partial charge in [-0.25, -0.2) is 0 Å². The molecule has 0 spiro atoms. The van der Waals surface area contributed by atoms with E-state index in [0.717, 1.165) is 23.8 Å². The molecule has 0 bridgehead atoms. The van der Waals surface area contributed by atoms with Crippen LogP contribution in [0.4, 0.5) is 0 Å². The van der Waals surface area contributed by atoms with Gasteiger partial charge in [0.05, 0.1) is 0 Å². The van der Waals surface area contributed by atoms with E-state index in [1.54, 1.807) is 0 Å². The molecule has 1 heteroatoms. The average molecular weight is 205 g/mol. The summed E-state index contributed by atoms with van der Waals surface area (Å²) < 4.78 is 0. The highest BCUT2D eigenvalue weighted by molar-refractivity contribution is 5.12. The highest BCUT2D eigenvalue weighted by Gasteiger charge is 2.40. The molecule has 3 atom stereocenters. The molecule has 84 valence electrons. The van der Waals surface area contributed by atoms with Crippen molar-refractivity contribution in [3.63, 3.8) is 0 Å². The first-order chi connectivity index (χ1) is 7.43. The Labute approximate surface area is 93.3 Å². The van der Waals surface area contributed by atoms with Crippen molar-refractivity contribution in [2.75, 3.05) is 6.54 Å². The topological polar surface area (TPSA) is 12.0 Å². The van der Waals surface area contributed by atoms with Crippen LogP contribution >= 0.6 is 0 Å². The fraction of sp³-hybridized carbons (Fsp3) is 0.857. The zero-order valence-electron chi connectivity index (χ0n) is 9.62. The minimum atomic E-state index is 0.829. The molecule has 0 aliphatic heterocycles. The molecule has 1 N–H and O–H groups in total. The van der Waals surface area contributed by atoms with Gasteiger partial charge in [-0.1, -0.05) is 37.8 Å². The van der Waals surface area contributed by atoms with Crippen LogP contribution in [-0.2, 0) is 0 Å². The molecule has 0 aromatic rings. The van der Waals surface area contributed by atoms with Crippen molar-refractivity contribution in [1.82, 2.24) is 5.32 Å². The van der Waals surface area contributed by atoms with Crippen molar-refractivity contribution in [2.24, 2.45) is 17.8 Å². The molecule has 3 unspecified atom stereocenters. The number of rotatable bonds is 4. The summed E-state index contributed by atoms with van der Waals surface area (Å²) in [7, 11) is 0. The van der Waals surface area contributed by atoms with E-state index in [-0.39, 0.29) is 0 Å².